The van der Waals surface area contributed by atoms with Gasteiger partial charge in [0.2, 0.25) is 0 Å². The van der Waals surface area contributed by atoms with Gasteiger partial charge in [-0.05, 0) is 71.8 Å². The van der Waals surface area contributed by atoms with Crippen molar-refractivity contribution >= 4 is 0 Å². The summed E-state index contributed by atoms with van der Waals surface area (Å²) >= 11 is 0. The molecule has 1 aliphatic rings. The Morgan fingerprint density at radius 3 is 2.53 bits per heavy atom. The predicted octanol–water partition coefficient (Wildman–Crippen LogP) is 2.65. The number of piperidine rings is 1. The van der Waals surface area contributed by atoms with Crippen molar-refractivity contribution in [2.75, 3.05) is 32.7 Å². The average Bonchev–Trinajstić information content (AvgIpc) is 2.38. The van der Waals surface area contributed by atoms with E-state index in [9.17, 15) is 0 Å². The van der Waals surface area contributed by atoms with E-state index in [-0.39, 0.29) is 0 Å². The third kappa shape index (κ3) is 8.24. The standard InChI is InChI=1S/C15H28N2/c1-2-3-4-6-11-16-12-7-10-15-17-13-8-5-9-14-17/h16H,4-15H2,1H3. The van der Waals surface area contributed by atoms with E-state index in [1.165, 1.54) is 64.7 Å². The van der Waals surface area contributed by atoms with E-state index in [4.69, 9.17) is 0 Å². The molecule has 98 valence electrons. The monoisotopic (exact) mass is 236 g/mol. The zero-order chi connectivity index (χ0) is 12.2. The van der Waals surface area contributed by atoms with Gasteiger partial charge in [-0.3, -0.25) is 0 Å². The van der Waals surface area contributed by atoms with Crippen LogP contribution in [-0.2, 0) is 0 Å². The lowest BCUT2D eigenvalue weighted by Gasteiger charge is -2.26. The minimum Gasteiger partial charge on any atom is -0.317 e. The minimum atomic E-state index is 1.04. The van der Waals surface area contributed by atoms with Gasteiger partial charge in [0.05, 0.1) is 0 Å². The highest BCUT2D eigenvalue weighted by atomic mass is 15.1. The zero-order valence-corrected chi connectivity index (χ0v) is 11.4. The second kappa shape index (κ2) is 10.6. The molecule has 0 aromatic rings. The molecule has 0 aliphatic carbocycles. The normalized spacial score (nSPS) is 16.5. The van der Waals surface area contributed by atoms with Gasteiger partial charge < -0.3 is 10.2 Å². The van der Waals surface area contributed by atoms with E-state index in [2.05, 4.69) is 22.1 Å². The molecule has 0 aromatic carbocycles. The first-order valence-electron chi connectivity index (χ1n) is 7.26. The first-order valence-corrected chi connectivity index (χ1v) is 7.26. The van der Waals surface area contributed by atoms with Crippen molar-refractivity contribution in [1.82, 2.24) is 10.2 Å². The van der Waals surface area contributed by atoms with Gasteiger partial charge in [-0.2, -0.15) is 0 Å². The molecule has 1 aliphatic heterocycles. The molecule has 1 fully saturated rings. The topological polar surface area (TPSA) is 15.3 Å². The maximum Gasteiger partial charge on any atom is 0.0101 e. The van der Waals surface area contributed by atoms with Crippen LogP contribution in [-0.4, -0.2) is 37.6 Å². The lowest BCUT2D eigenvalue weighted by atomic mass is 10.1. The lowest BCUT2D eigenvalue weighted by Crippen LogP contribution is -2.31. The van der Waals surface area contributed by atoms with Gasteiger partial charge in [0, 0.05) is 6.42 Å². The van der Waals surface area contributed by atoms with Crippen molar-refractivity contribution in [3.8, 4) is 11.8 Å². The van der Waals surface area contributed by atoms with E-state index in [1.807, 2.05) is 6.92 Å². The van der Waals surface area contributed by atoms with Gasteiger partial charge >= 0.3 is 0 Å². The molecule has 0 amide bonds. The smallest absolute Gasteiger partial charge is 0.0101 e. The second-order valence-corrected chi connectivity index (χ2v) is 4.89. The third-order valence-corrected chi connectivity index (χ3v) is 3.36. The summed E-state index contributed by atoms with van der Waals surface area (Å²) in [5.74, 6) is 6.03. The molecule has 1 saturated heterocycles. The van der Waals surface area contributed by atoms with Gasteiger partial charge in [-0.15, -0.1) is 11.8 Å². The summed E-state index contributed by atoms with van der Waals surface area (Å²) < 4.78 is 0. The summed E-state index contributed by atoms with van der Waals surface area (Å²) in [6.45, 7) is 8.19. The molecule has 0 aromatic heterocycles. The van der Waals surface area contributed by atoms with E-state index >= 15 is 0 Å². The van der Waals surface area contributed by atoms with Crippen molar-refractivity contribution < 1.29 is 0 Å². The molecule has 2 heteroatoms. The number of unbranched alkanes of at least 4 members (excludes halogenated alkanes) is 2. The molecule has 0 saturated carbocycles. The van der Waals surface area contributed by atoms with Crippen molar-refractivity contribution in [3.63, 3.8) is 0 Å². The van der Waals surface area contributed by atoms with E-state index < -0.39 is 0 Å². The van der Waals surface area contributed by atoms with Crippen LogP contribution >= 0.6 is 0 Å². The Morgan fingerprint density at radius 1 is 1.00 bits per heavy atom. The fraction of sp³-hybridized carbons (Fsp3) is 0.867. The van der Waals surface area contributed by atoms with Crippen molar-refractivity contribution in [1.29, 1.82) is 0 Å². The first kappa shape index (κ1) is 14.5. The summed E-state index contributed by atoms with van der Waals surface area (Å²) in [5.41, 5.74) is 0. The lowest BCUT2D eigenvalue weighted by molar-refractivity contribution is 0.224. The van der Waals surface area contributed by atoms with Crippen LogP contribution in [0.1, 0.15) is 51.9 Å². The quantitative estimate of drug-likeness (QED) is 0.515. The zero-order valence-electron chi connectivity index (χ0n) is 11.4. The molecule has 0 unspecified atom stereocenters. The molecular weight excluding hydrogens is 208 g/mol. The predicted molar refractivity (Wildman–Crippen MR) is 75.1 cm³/mol. The molecular formula is C15H28N2. The third-order valence-electron chi connectivity index (χ3n) is 3.36. The molecule has 17 heavy (non-hydrogen) atoms. The minimum absolute atomic E-state index is 1.04. The summed E-state index contributed by atoms with van der Waals surface area (Å²) in [5, 5.41) is 3.50. The maximum absolute atomic E-state index is 3.50. The molecule has 0 atom stereocenters. The summed E-state index contributed by atoms with van der Waals surface area (Å²) in [4.78, 5) is 2.63. The molecule has 2 nitrogen and oxygen atoms in total. The highest BCUT2D eigenvalue weighted by Crippen LogP contribution is 2.08. The van der Waals surface area contributed by atoms with Crippen LogP contribution in [0.3, 0.4) is 0 Å². The Balaban J connectivity index is 1.78. The first-order chi connectivity index (χ1) is 8.43. The molecule has 0 spiro atoms. The van der Waals surface area contributed by atoms with Gasteiger partial charge in [-0.1, -0.05) is 6.42 Å². The number of hydrogen-bond acceptors (Lipinski definition) is 2. The highest BCUT2D eigenvalue weighted by Gasteiger charge is 2.08. The van der Waals surface area contributed by atoms with E-state index in [0.29, 0.717) is 0 Å². The SMILES string of the molecule is CC#CCCCNCCCCN1CCCCC1. The van der Waals surface area contributed by atoms with E-state index in [0.717, 1.165) is 13.0 Å². The maximum atomic E-state index is 3.50. The van der Waals surface area contributed by atoms with Crippen LogP contribution in [0.25, 0.3) is 0 Å². The number of likely N-dealkylation sites (tertiary alicyclic amines) is 1. The van der Waals surface area contributed by atoms with Gasteiger partial charge in [0.15, 0.2) is 0 Å². The van der Waals surface area contributed by atoms with Crippen LogP contribution in [0.4, 0.5) is 0 Å². The van der Waals surface area contributed by atoms with Gasteiger partial charge in [0.25, 0.3) is 0 Å². The Morgan fingerprint density at radius 2 is 1.76 bits per heavy atom. The fourth-order valence-corrected chi connectivity index (χ4v) is 2.32. The van der Waals surface area contributed by atoms with Crippen LogP contribution in [0.5, 0.6) is 0 Å². The fourth-order valence-electron chi connectivity index (χ4n) is 2.32. The summed E-state index contributed by atoms with van der Waals surface area (Å²) in [6, 6.07) is 0. The second-order valence-electron chi connectivity index (χ2n) is 4.89. The van der Waals surface area contributed by atoms with Crippen molar-refractivity contribution in [2.24, 2.45) is 0 Å². The van der Waals surface area contributed by atoms with Crippen molar-refractivity contribution in [2.45, 2.75) is 51.9 Å². The van der Waals surface area contributed by atoms with Crippen LogP contribution in [0.2, 0.25) is 0 Å². The van der Waals surface area contributed by atoms with Crippen LogP contribution < -0.4 is 5.32 Å². The summed E-state index contributed by atoms with van der Waals surface area (Å²) in [7, 11) is 0. The van der Waals surface area contributed by atoms with Gasteiger partial charge in [-0.25, -0.2) is 0 Å². The highest BCUT2D eigenvalue weighted by molar-refractivity contribution is 4.94. The average molecular weight is 236 g/mol. The Bertz CT molecular complexity index is 221. The number of rotatable bonds is 8. The summed E-state index contributed by atoms with van der Waals surface area (Å²) in [6.07, 6.45) is 9.16. The largest absolute Gasteiger partial charge is 0.317 e. The van der Waals surface area contributed by atoms with Crippen LogP contribution in [0, 0.1) is 11.8 Å². The molecule has 1 rings (SSSR count). The number of nitrogens with one attached hydrogen (secondary N) is 1. The Kier molecular flexibility index (Phi) is 9.09. The Hall–Kier alpha value is -0.520. The molecule has 0 bridgehead atoms. The van der Waals surface area contributed by atoms with E-state index in [1.54, 1.807) is 0 Å². The molecule has 0 radical (unpaired) electrons. The molecule has 1 N–H and O–H groups in total. The molecule has 1 heterocycles. The van der Waals surface area contributed by atoms with Gasteiger partial charge in [0.1, 0.15) is 0 Å². The number of nitrogens with zero attached hydrogens (tertiary/aromatic N) is 1. The van der Waals surface area contributed by atoms with Crippen LogP contribution in [0.15, 0.2) is 0 Å². The number of hydrogen-bond donors (Lipinski definition) is 1. The Labute approximate surface area is 107 Å². The van der Waals surface area contributed by atoms with Crippen molar-refractivity contribution in [3.05, 3.63) is 0 Å².